The number of carboxylic acids is 1. The van der Waals surface area contributed by atoms with E-state index in [1.807, 2.05) is 0 Å². The Morgan fingerprint density at radius 1 is 1.20 bits per heavy atom. The van der Waals surface area contributed by atoms with Crippen molar-refractivity contribution in [2.75, 3.05) is 11.4 Å². The second kappa shape index (κ2) is 6.82. The van der Waals surface area contributed by atoms with Gasteiger partial charge in [-0.2, -0.15) is 0 Å². The number of hydrogen-bond donors (Lipinski definition) is 2. The van der Waals surface area contributed by atoms with Crippen LogP contribution in [0.1, 0.15) is 38.5 Å². The van der Waals surface area contributed by atoms with Gasteiger partial charge in [-0.1, -0.05) is 31.4 Å². The summed E-state index contributed by atoms with van der Waals surface area (Å²) >= 11 is 0. The quantitative estimate of drug-likeness (QED) is 0.872. The van der Waals surface area contributed by atoms with E-state index in [-0.39, 0.29) is 24.6 Å². The molecule has 25 heavy (non-hydrogen) atoms. The molecule has 7 heteroatoms. The van der Waals surface area contributed by atoms with Crippen LogP contribution >= 0.6 is 0 Å². The third-order valence-electron chi connectivity index (χ3n) is 5.12. The summed E-state index contributed by atoms with van der Waals surface area (Å²) in [6.07, 6.45) is 3.19. The zero-order valence-electron chi connectivity index (χ0n) is 13.8. The average molecular weight is 348 g/mol. The van der Waals surface area contributed by atoms with Crippen molar-refractivity contribution in [2.45, 2.75) is 44.1 Å². The largest absolute Gasteiger partial charge is 0.480 e. The first-order valence-electron chi connectivity index (χ1n) is 8.53. The molecule has 1 aromatic rings. The highest BCUT2D eigenvalue weighted by molar-refractivity contribution is 6.01. The molecule has 134 valence electrons. The summed E-state index contributed by atoms with van der Waals surface area (Å²) in [5.41, 5.74) is -1.10. The molecule has 0 aromatic heterocycles. The number of halogens is 1. The summed E-state index contributed by atoms with van der Waals surface area (Å²) in [4.78, 5) is 37.7. The van der Waals surface area contributed by atoms with Gasteiger partial charge >= 0.3 is 5.97 Å². The minimum atomic E-state index is -1.25. The predicted molar refractivity (Wildman–Crippen MR) is 88.5 cm³/mol. The maximum absolute atomic E-state index is 13.9. The monoisotopic (exact) mass is 348 g/mol. The molecule has 1 atom stereocenters. The Morgan fingerprint density at radius 2 is 1.88 bits per heavy atom. The fraction of sp³-hybridized carbons (Fsp3) is 0.500. The molecule has 1 saturated heterocycles. The number of amides is 2. The van der Waals surface area contributed by atoms with Crippen molar-refractivity contribution >= 4 is 23.5 Å². The summed E-state index contributed by atoms with van der Waals surface area (Å²) in [7, 11) is 0. The van der Waals surface area contributed by atoms with Crippen LogP contribution < -0.4 is 10.2 Å². The van der Waals surface area contributed by atoms with Gasteiger partial charge < -0.3 is 15.3 Å². The van der Waals surface area contributed by atoms with Gasteiger partial charge in [0.05, 0.1) is 11.6 Å². The van der Waals surface area contributed by atoms with Gasteiger partial charge in [0.25, 0.3) is 0 Å². The number of anilines is 1. The second-order valence-corrected chi connectivity index (χ2v) is 6.79. The van der Waals surface area contributed by atoms with Crippen LogP contribution in [-0.2, 0) is 14.4 Å². The van der Waals surface area contributed by atoms with Crippen LogP contribution in [0.25, 0.3) is 0 Å². The second-order valence-electron chi connectivity index (χ2n) is 6.79. The van der Waals surface area contributed by atoms with Crippen molar-refractivity contribution in [3.05, 3.63) is 30.1 Å². The van der Waals surface area contributed by atoms with Gasteiger partial charge in [0.1, 0.15) is 11.4 Å². The average Bonchev–Trinajstić information content (AvgIpc) is 2.98. The van der Waals surface area contributed by atoms with E-state index in [9.17, 15) is 23.9 Å². The minimum Gasteiger partial charge on any atom is -0.480 e. The number of para-hydroxylation sites is 1. The van der Waals surface area contributed by atoms with E-state index < -0.39 is 29.2 Å². The topological polar surface area (TPSA) is 86.7 Å². The molecule has 0 bridgehead atoms. The van der Waals surface area contributed by atoms with Gasteiger partial charge in [-0.3, -0.25) is 9.59 Å². The highest BCUT2D eigenvalue weighted by Crippen LogP contribution is 2.31. The molecule has 3 rings (SSSR count). The Bertz CT molecular complexity index is 700. The van der Waals surface area contributed by atoms with Crippen LogP contribution in [0, 0.1) is 11.7 Å². The van der Waals surface area contributed by atoms with Crippen LogP contribution in [0.2, 0.25) is 0 Å². The molecule has 0 spiro atoms. The summed E-state index contributed by atoms with van der Waals surface area (Å²) < 4.78 is 13.9. The molecule has 1 aliphatic heterocycles. The van der Waals surface area contributed by atoms with E-state index in [2.05, 4.69) is 5.32 Å². The number of aliphatic carboxylic acids is 1. The molecule has 2 aliphatic rings. The van der Waals surface area contributed by atoms with Crippen molar-refractivity contribution in [2.24, 2.45) is 5.92 Å². The molecule has 0 radical (unpaired) electrons. The third-order valence-corrected chi connectivity index (χ3v) is 5.12. The lowest BCUT2D eigenvalue weighted by Crippen LogP contribution is -2.57. The summed E-state index contributed by atoms with van der Waals surface area (Å²) in [6.45, 7) is 0.0568. The maximum atomic E-state index is 13.9. The Kier molecular flexibility index (Phi) is 4.74. The van der Waals surface area contributed by atoms with Crippen molar-refractivity contribution in [3.63, 3.8) is 0 Å². The molecule has 1 aliphatic carbocycles. The van der Waals surface area contributed by atoms with Gasteiger partial charge in [-0.05, 0) is 25.0 Å². The fourth-order valence-corrected chi connectivity index (χ4v) is 3.67. The number of benzene rings is 1. The molecule has 1 aromatic carbocycles. The number of nitrogens with zero attached hydrogens (tertiary/aromatic N) is 1. The number of carbonyl (C=O) groups excluding carboxylic acids is 2. The molecule has 1 saturated carbocycles. The van der Waals surface area contributed by atoms with E-state index >= 15 is 0 Å². The highest BCUT2D eigenvalue weighted by atomic mass is 19.1. The molecule has 2 N–H and O–H groups in total. The Hall–Kier alpha value is -2.44. The van der Waals surface area contributed by atoms with Crippen molar-refractivity contribution in [3.8, 4) is 0 Å². The Labute approximate surface area is 145 Å². The van der Waals surface area contributed by atoms with Crippen LogP contribution in [0.15, 0.2) is 24.3 Å². The number of carbonyl (C=O) groups is 3. The number of rotatable bonds is 4. The molecule has 6 nitrogen and oxygen atoms in total. The van der Waals surface area contributed by atoms with Crippen LogP contribution in [0.3, 0.4) is 0 Å². The normalized spacial score (nSPS) is 22.7. The minimum absolute atomic E-state index is 0.0458. The zero-order valence-corrected chi connectivity index (χ0v) is 13.8. The standard InChI is InChI=1S/C18H21FN2O4/c19-13-6-2-3-7-14(13)21-11-12(10-15(21)22)16(23)20-18(17(24)25)8-4-1-5-9-18/h2-3,6-7,12H,1,4-5,8-11H2,(H,20,23)(H,24,25)/t12-/m1/s1. The third kappa shape index (κ3) is 3.36. The highest BCUT2D eigenvalue weighted by Gasteiger charge is 2.44. The molecule has 1 heterocycles. The lowest BCUT2D eigenvalue weighted by Gasteiger charge is -2.34. The van der Waals surface area contributed by atoms with E-state index in [0.717, 1.165) is 19.3 Å². The Morgan fingerprint density at radius 3 is 2.52 bits per heavy atom. The summed E-state index contributed by atoms with van der Waals surface area (Å²) in [6, 6.07) is 5.91. The van der Waals surface area contributed by atoms with Crippen LogP contribution in [0.4, 0.5) is 10.1 Å². The smallest absolute Gasteiger partial charge is 0.329 e. The number of carboxylic acid groups (broad SMARTS) is 1. The molecule has 2 fully saturated rings. The summed E-state index contributed by atoms with van der Waals surface area (Å²) in [5, 5.41) is 12.2. The Balaban J connectivity index is 1.72. The van der Waals surface area contributed by atoms with E-state index in [1.54, 1.807) is 6.07 Å². The number of hydrogen-bond acceptors (Lipinski definition) is 3. The zero-order chi connectivity index (χ0) is 18.0. The number of nitrogens with one attached hydrogen (secondary N) is 1. The molecular formula is C18H21FN2O4. The van der Waals surface area contributed by atoms with Crippen LogP contribution in [0.5, 0.6) is 0 Å². The van der Waals surface area contributed by atoms with Gasteiger partial charge in [0.15, 0.2) is 0 Å². The molecule has 0 unspecified atom stereocenters. The van der Waals surface area contributed by atoms with Crippen molar-refractivity contribution < 1.29 is 23.9 Å². The fourth-order valence-electron chi connectivity index (χ4n) is 3.67. The molecular weight excluding hydrogens is 327 g/mol. The predicted octanol–water partition coefficient (Wildman–Crippen LogP) is 2.08. The van der Waals surface area contributed by atoms with Crippen molar-refractivity contribution in [1.82, 2.24) is 5.32 Å². The van der Waals surface area contributed by atoms with Crippen LogP contribution in [-0.4, -0.2) is 35.0 Å². The van der Waals surface area contributed by atoms with Gasteiger partial charge in [0.2, 0.25) is 11.8 Å². The van der Waals surface area contributed by atoms with Crippen molar-refractivity contribution in [1.29, 1.82) is 0 Å². The molecule has 2 amide bonds. The van der Waals surface area contributed by atoms with E-state index in [1.165, 1.54) is 23.1 Å². The van der Waals surface area contributed by atoms with E-state index in [0.29, 0.717) is 12.8 Å². The summed E-state index contributed by atoms with van der Waals surface area (Å²) in [5.74, 6) is -3.01. The SMILES string of the molecule is O=C(NC1(C(=O)O)CCCCC1)[C@@H]1CC(=O)N(c2ccccc2F)C1. The van der Waals surface area contributed by atoms with Gasteiger partial charge in [0, 0.05) is 13.0 Å². The lowest BCUT2D eigenvalue weighted by molar-refractivity contribution is -0.149. The first-order valence-corrected chi connectivity index (χ1v) is 8.53. The van der Waals surface area contributed by atoms with Gasteiger partial charge in [-0.25, -0.2) is 9.18 Å². The van der Waals surface area contributed by atoms with E-state index in [4.69, 9.17) is 0 Å². The van der Waals surface area contributed by atoms with Gasteiger partial charge in [-0.15, -0.1) is 0 Å². The lowest BCUT2D eigenvalue weighted by atomic mass is 9.81. The first-order chi connectivity index (χ1) is 11.9. The maximum Gasteiger partial charge on any atom is 0.329 e. The first kappa shape index (κ1) is 17.4.